The number of hydrogen-bond donors (Lipinski definition) is 1. The minimum atomic E-state index is -0.0727. The molecule has 0 radical (unpaired) electrons. The maximum atomic E-state index is 12.2. The second kappa shape index (κ2) is 5.14. The van der Waals surface area contributed by atoms with Crippen LogP contribution in [0.1, 0.15) is 17.0 Å². The summed E-state index contributed by atoms with van der Waals surface area (Å²) >= 11 is 0. The summed E-state index contributed by atoms with van der Waals surface area (Å²) in [5.74, 6) is 0.551. The second-order valence-electron chi connectivity index (χ2n) is 4.56. The Morgan fingerprint density at radius 2 is 1.89 bits per heavy atom. The first-order chi connectivity index (χ1) is 9.00. The molecule has 5 nitrogen and oxygen atoms in total. The van der Waals surface area contributed by atoms with Crippen LogP contribution in [0.5, 0.6) is 0 Å². The van der Waals surface area contributed by atoms with Crippen LogP contribution in [0.3, 0.4) is 0 Å². The summed E-state index contributed by atoms with van der Waals surface area (Å²) in [6.07, 6.45) is 1.86. The van der Waals surface area contributed by atoms with Crippen molar-refractivity contribution in [3.63, 3.8) is 0 Å². The summed E-state index contributed by atoms with van der Waals surface area (Å²) in [5.41, 5.74) is 2.32. The minimum Gasteiger partial charge on any atom is -0.320 e. The van der Waals surface area contributed by atoms with Crippen LogP contribution in [0.2, 0.25) is 0 Å². The van der Waals surface area contributed by atoms with Crippen molar-refractivity contribution in [2.75, 3.05) is 0 Å². The molecule has 100 valence electrons. The molecular formula is C14H18N4O. The fraction of sp³-hybridized carbons (Fsp3) is 0.286. The van der Waals surface area contributed by atoms with Crippen molar-refractivity contribution in [2.45, 2.75) is 20.8 Å². The lowest BCUT2D eigenvalue weighted by atomic mass is 10.3. The summed E-state index contributed by atoms with van der Waals surface area (Å²) in [5, 5.41) is 3.05. The minimum absolute atomic E-state index is 0.0727. The first kappa shape index (κ1) is 13.1. The van der Waals surface area contributed by atoms with Gasteiger partial charge in [-0.25, -0.2) is 4.98 Å². The van der Waals surface area contributed by atoms with Crippen LogP contribution in [0.15, 0.2) is 35.3 Å². The quantitative estimate of drug-likeness (QED) is 0.850. The van der Waals surface area contributed by atoms with E-state index in [-0.39, 0.29) is 5.56 Å². The summed E-state index contributed by atoms with van der Waals surface area (Å²) < 4.78 is 3.28. The highest BCUT2D eigenvalue weighted by Crippen LogP contribution is 2.02. The Hall–Kier alpha value is -2.30. The number of H-pyrrole nitrogens is 1. The molecule has 2 aromatic rings. The van der Waals surface area contributed by atoms with E-state index in [1.165, 1.54) is 4.68 Å². The lowest BCUT2D eigenvalue weighted by Crippen LogP contribution is -2.20. The molecule has 2 aromatic heterocycles. The van der Waals surface area contributed by atoms with Crippen LogP contribution in [-0.4, -0.2) is 19.3 Å². The van der Waals surface area contributed by atoms with Crippen LogP contribution in [-0.2, 0) is 7.05 Å². The number of hydrogen-bond acceptors (Lipinski definition) is 2. The van der Waals surface area contributed by atoms with Gasteiger partial charge < -0.3 is 4.57 Å². The summed E-state index contributed by atoms with van der Waals surface area (Å²) in [7, 11) is 1.86. The number of nitrogens with zero attached hydrogens (tertiary/aromatic N) is 3. The summed E-state index contributed by atoms with van der Waals surface area (Å²) in [6.45, 7) is 5.58. The van der Waals surface area contributed by atoms with Crippen molar-refractivity contribution in [2.24, 2.45) is 7.05 Å². The third kappa shape index (κ3) is 2.59. The van der Waals surface area contributed by atoms with Gasteiger partial charge in [0.15, 0.2) is 0 Å². The average molecular weight is 258 g/mol. The Balaban J connectivity index is 2.82. The molecule has 1 N–H and O–H groups in total. The van der Waals surface area contributed by atoms with Gasteiger partial charge in [0.25, 0.3) is 5.56 Å². The highest BCUT2D eigenvalue weighted by molar-refractivity contribution is 5.20. The molecular weight excluding hydrogens is 240 g/mol. The molecule has 2 rings (SSSR count). The molecule has 0 aliphatic rings. The van der Waals surface area contributed by atoms with E-state index in [9.17, 15) is 4.79 Å². The molecule has 0 aromatic carbocycles. The Bertz CT molecular complexity index is 705. The van der Waals surface area contributed by atoms with E-state index in [4.69, 9.17) is 0 Å². The van der Waals surface area contributed by atoms with Gasteiger partial charge in [-0.15, -0.1) is 0 Å². The van der Waals surface area contributed by atoms with Gasteiger partial charge in [0.2, 0.25) is 5.95 Å². The van der Waals surface area contributed by atoms with Gasteiger partial charge >= 0.3 is 0 Å². The number of aromatic nitrogens is 4. The number of nitrogens with one attached hydrogen (secondary N) is 1. The molecule has 0 spiro atoms. The molecule has 0 aliphatic heterocycles. The molecule has 0 saturated carbocycles. The molecule has 0 unspecified atom stereocenters. The highest BCUT2D eigenvalue weighted by atomic mass is 16.1. The van der Waals surface area contributed by atoms with Gasteiger partial charge in [0.05, 0.1) is 0 Å². The Labute approximate surface area is 111 Å². The van der Waals surface area contributed by atoms with E-state index in [2.05, 4.69) is 10.1 Å². The maximum Gasteiger partial charge on any atom is 0.277 e. The first-order valence-corrected chi connectivity index (χ1v) is 6.12. The predicted octanol–water partition coefficient (Wildman–Crippen LogP) is 1.95. The molecule has 2 heterocycles. The van der Waals surface area contributed by atoms with Crippen molar-refractivity contribution in [1.82, 2.24) is 19.3 Å². The van der Waals surface area contributed by atoms with Crippen LogP contribution >= 0.6 is 0 Å². The summed E-state index contributed by atoms with van der Waals surface area (Å²) in [6, 6.07) is 7.64. The van der Waals surface area contributed by atoms with Gasteiger partial charge in [0.1, 0.15) is 0 Å². The van der Waals surface area contributed by atoms with Gasteiger partial charge in [-0.1, -0.05) is 12.1 Å². The zero-order valence-electron chi connectivity index (χ0n) is 11.6. The lowest BCUT2D eigenvalue weighted by molar-refractivity contribution is 0.705. The van der Waals surface area contributed by atoms with Gasteiger partial charge in [0, 0.05) is 30.2 Å². The predicted molar refractivity (Wildman–Crippen MR) is 75.0 cm³/mol. The zero-order chi connectivity index (χ0) is 14.0. The Kier molecular flexibility index (Phi) is 3.55. The fourth-order valence-electron chi connectivity index (χ4n) is 1.76. The molecule has 0 fully saturated rings. The van der Waals surface area contributed by atoms with Crippen molar-refractivity contribution in [3.8, 4) is 5.95 Å². The monoisotopic (exact) mass is 258 g/mol. The van der Waals surface area contributed by atoms with Gasteiger partial charge in [-0.2, -0.15) is 4.68 Å². The number of aryl methyl sites for hydroxylation is 3. The maximum absolute atomic E-state index is 12.2. The molecule has 0 aliphatic carbocycles. The lowest BCUT2D eigenvalue weighted by Gasteiger charge is -2.05. The third-order valence-corrected chi connectivity index (χ3v) is 3.03. The van der Waals surface area contributed by atoms with E-state index in [1.54, 1.807) is 6.92 Å². The second-order valence-corrected chi connectivity index (χ2v) is 4.56. The van der Waals surface area contributed by atoms with Crippen molar-refractivity contribution < 1.29 is 0 Å². The Morgan fingerprint density at radius 3 is 2.53 bits per heavy atom. The van der Waals surface area contributed by atoms with Crippen LogP contribution in [0.25, 0.3) is 5.95 Å². The average Bonchev–Trinajstić information content (AvgIpc) is 2.66. The van der Waals surface area contributed by atoms with Crippen molar-refractivity contribution in [1.29, 1.82) is 0 Å². The van der Waals surface area contributed by atoms with Gasteiger partial charge in [-0.3, -0.25) is 9.89 Å². The number of rotatable bonds is 1. The zero-order valence-corrected chi connectivity index (χ0v) is 11.6. The van der Waals surface area contributed by atoms with E-state index in [0.717, 1.165) is 11.4 Å². The van der Waals surface area contributed by atoms with E-state index < -0.39 is 0 Å². The number of aromatic amines is 1. The van der Waals surface area contributed by atoms with Crippen molar-refractivity contribution >= 4 is 0 Å². The third-order valence-electron chi connectivity index (χ3n) is 3.03. The standard InChI is InChI=1S/C14H18N4O/c1-10-8-6-5-7-9-17(4)14(15-10)18-13(19)11(2)12(3)16-18/h5-9,16H,1-4H3. The van der Waals surface area contributed by atoms with E-state index >= 15 is 0 Å². The van der Waals surface area contributed by atoms with E-state index in [1.807, 2.05) is 55.9 Å². The van der Waals surface area contributed by atoms with Crippen LogP contribution in [0, 0.1) is 20.8 Å². The highest BCUT2D eigenvalue weighted by Gasteiger charge is 2.10. The molecule has 0 atom stereocenters. The normalized spacial score (nSPS) is 10.3. The Morgan fingerprint density at radius 1 is 1.16 bits per heavy atom. The van der Waals surface area contributed by atoms with Crippen LogP contribution in [0.4, 0.5) is 0 Å². The molecule has 0 bridgehead atoms. The first-order valence-electron chi connectivity index (χ1n) is 6.12. The molecule has 5 heteroatoms. The van der Waals surface area contributed by atoms with Gasteiger partial charge in [-0.05, 0) is 32.9 Å². The van der Waals surface area contributed by atoms with E-state index in [0.29, 0.717) is 11.5 Å². The van der Waals surface area contributed by atoms with Crippen LogP contribution < -0.4 is 5.56 Å². The molecule has 0 saturated heterocycles. The smallest absolute Gasteiger partial charge is 0.277 e. The fourth-order valence-corrected chi connectivity index (χ4v) is 1.76. The topological polar surface area (TPSA) is 55.6 Å². The molecule has 0 amide bonds. The molecule has 19 heavy (non-hydrogen) atoms. The van der Waals surface area contributed by atoms with Crippen molar-refractivity contribution in [3.05, 3.63) is 57.8 Å². The SMILES string of the molecule is Cc1cccccn(C)c(-n2[nH]c(C)c(C)c2=O)n1. The largest absolute Gasteiger partial charge is 0.320 e. The summed E-state index contributed by atoms with van der Waals surface area (Å²) in [4.78, 5) is 16.7.